The first-order valence-corrected chi connectivity index (χ1v) is 10.5. The largest absolute Gasteiger partial charge is 0.462 e. The second-order valence-corrected chi connectivity index (χ2v) is 7.94. The van der Waals surface area contributed by atoms with Gasteiger partial charge in [0.2, 0.25) is 0 Å². The van der Waals surface area contributed by atoms with E-state index < -0.39 is 0 Å². The highest BCUT2D eigenvalue weighted by atomic mass is 16.5. The van der Waals surface area contributed by atoms with E-state index in [2.05, 4.69) is 39.9 Å². The Bertz CT molecular complexity index is 994. The standard InChI is InChI=1S/C23H27N5O2/c1-3-30-21(29)18-8-7-11-20(16-18)28-22(25-26-27-28)23(14-12-17(2)13-15-23)24-19-9-5-4-6-10-19/h4-11,16-17,24H,3,12-15H2,1-2H3. The van der Waals surface area contributed by atoms with Crippen LogP contribution in [-0.4, -0.2) is 32.8 Å². The Morgan fingerprint density at radius 3 is 2.67 bits per heavy atom. The lowest BCUT2D eigenvalue weighted by molar-refractivity contribution is 0.0526. The molecule has 156 valence electrons. The number of aromatic nitrogens is 4. The van der Waals surface area contributed by atoms with E-state index in [-0.39, 0.29) is 11.5 Å². The highest BCUT2D eigenvalue weighted by molar-refractivity contribution is 5.90. The molecule has 4 rings (SSSR count). The number of tetrazole rings is 1. The van der Waals surface area contributed by atoms with Gasteiger partial charge in [0.1, 0.15) is 0 Å². The fourth-order valence-electron chi connectivity index (χ4n) is 4.10. The number of esters is 1. The predicted octanol–water partition coefficient (Wildman–Crippen LogP) is 4.36. The summed E-state index contributed by atoms with van der Waals surface area (Å²) < 4.78 is 6.89. The molecule has 0 radical (unpaired) electrons. The minimum absolute atomic E-state index is 0.335. The molecule has 1 saturated carbocycles. The van der Waals surface area contributed by atoms with Crippen LogP contribution in [0.1, 0.15) is 55.7 Å². The van der Waals surface area contributed by atoms with Gasteiger partial charge in [-0.2, -0.15) is 4.68 Å². The molecule has 0 aliphatic heterocycles. The Morgan fingerprint density at radius 1 is 1.17 bits per heavy atom. The van der Waals surface area contributed by atoms with Crippen molar-refractivity contribution < 1.29 is 9.53 Å². The molecule has 0 saturated heterocycles. The van der Waals surface area contributed by atoms with Crippen molar-refractivity contribution in [1.82, 2.24) is 20.2 Å². The Hall–Kier alpha value is -3.22. The van der Waals surface area contributed by atoms with E-state index in [0.717, 1.165) is 42.9 Å². The summed E-state index contributed by atoms with van der Waals surface area (Å²) in [5.41, 5.74) is 1.89. The maximum atomic E-state index is 12.2. The number of nitrogens with zero attached hydrogens (tertiary/aromatic N) is 4. The number of nitrogens with one attached hydrogen (secondary N) is 1. The number of para-hydroxylation sites is 1. The smallest absolute Gasteiger partial charge is 0.338 e. The zero-order valence-electron chi connectivity index (χ0n) is 17.4. The maximum absolute atomic E-state index is 12.2. The third kappa shape index (κ3) is 4.06. The molecule has 0 atom stereocenters. The van der Waals surface area contributed by atoms with Gasteiger partial charge in [-0.25, -0.2) is 4.79 Å². The molecule has 0 bridgehead atoms. The van der Waals surface area contributed by atoms with Gasteiger partial charge in [0.25, 0.3) is 0 Å². The number of hydrogen-bond acceptors (Lipinski definition) is 6. The number of hydrogen-bond donors (Lipinski definition) is 1. The Kier molecular flexibility index (Phi) is 5.79. The lowest BCUT2D eigenvalue weighted by atomic mass is 9.76. The molecular formula is C23H27N5O2. The Balaban J connectivity index is 1.73. The first kappa shape index (κ1) is 20.1. The van der Waals surface area contributed by atoms with Crippen molar-refractivity contribution in [3.8, 4) is 5.69 Å². The molecule has 7 heteroatoms. The summed E-state index contributed by atoms with van der Waals surface area (Å²) in [6, 6.07) is 17.4. The predicted molar refractivity (Wildman–Crippen MR) is 114 cm³/mol. The normalized spacial score (nSPS) is 21.2. The van der Waals surface area contributed by atoms with E-state index >= 15 is 0 Å². The SMILES string of the molecule is CCOC(=O)c1cccc(-n2nnnc2C2(Nc3ccccc3)CCC(C)CC2)c1. The van der Waals surface area contributed by atoms with Gasteiger partial charge in [-0.05, 0) is 79.3 Å². The second-order valence-electron chi connectivity index (χ2n) is 7.94. The zero-order chi connectivity index (χ0) is 21.0. The topological polar surface area (TPSA) is 81.9 Å². The highest BCUT2D eigenvalue weighted by Crippen LogP contribution is 2.41. The fraction of sp³-hybridized carbons (Fsp3) is 0.391. The van der Waals surface area contributed by atoms with Crippen LogP contribution in [0.25, 0.3) is 5.69 Å². The van der Waals surface area contributed by atoms with Crippen LogP contribution in [0.3, 0.4) is 0 Å². The van der Waals surface area contributed by atoms with Gasteiger partial charge in [-0.1, -0.05) is 31.2 Å². The summed E-state index contributed by atoms with van der Waals surface area (Å²) in [6.07, 6.45) is 4.05. The van der Waals surface area contributed by atoms with E-state index in [0.29, 0.717) is 18.1 Å². The van der Waals surface area contributed by atoms with Gasteiger partial charge in [0.15, 0.2) is 5.82 Å². The van der Waals surface area contributed by atoms with E-state index in [4.69, 9.17) is 4.74 Å². The van der Waals surface area contributed by atoms with Crippen molar-refractivity contribution in [3.63, 3.8) is 0 Å². The molecule has 1 aliphatic rings. The summed E-state index contributed by atoms with van der Waals surface area (Å²) in [5, 5.41) is 16.4. The van der Waals surface area contributed by atoms with E-state index in [9.17, 15) is 4.79 Å². The molecule has 1 heterocycles. The van der Waals surface area contributed by atoms with Crippen molar-refractivity contribution in [3.05, 3.63) is 66.0 Å². The summed E-state index contributed by atoms with van der Waals surface area (Å²) in [6.45, 7) is 4.42. The number of carbonyl (C=O) groups is 1. The van der Waals surface area contributed by atoms with Crippen LogP contribution in [0.2, 0.25) is 0 Å². The van der Waals surface area contributed by atoms with Gasteiger partial charge in [-0.15, -0.1) is 5.10 Å². The number of rotatable bonds is 6. The van der Waals surface area contributed by atoms with E-state index in [1.165, 1.54) is 0 Å². The third-order valence-corrected chi connectivity index (χ3v) is 5.78. The van der Waals surface area contributed by atoms with Crippen molar-refractivity contribution in [2.24, 2.45) is 5.92 Å². The Morgan fingerprint density at radius 2 is 1.93 bits per heavy atom. The first-order valence-electron chi connectivity index (χ1n) is 10.5. The monoisotopic (exact) mass is 405 g/mol. The van der Waals surface area contributed by atoms with Crippen molar-refractivity contribution in [1.29, 1.82) is 0 Å². The fourth-order valence-corrected chi connectivity index (χ4v) is 4.10. The molecule has 1 aliphatic carbocycles. The minimum Gasteiger partial charge on any atom is -0.462 e. The molecule has 2 aromatic carbocycles. The molecule has 0 unspecified atom stereocenters. The van der Waals surface area contributed by atoms with Crippen LogP contribution in [-0.2, 0) is 10.3 Å². The molecule has 1 N–H and O–H groups in total. The summed E-state index contributed by atoms with van der Waals surface area (Å²) in [5.74, 6) is 1.09. The lowest BCUT2D eigenvalue weighted by Gasteiger charge is -2.39. The molecule has 3 aromatic rings. The molecular weight excluding hydrogens is 378 g/mol. The molecule has 7 nitrogen and oxygen atoms in total. The number of benzene rings is 2. The molecule has 1 fully saturated rings. The zero-order valence-corrected chi connectivity index (χ0v) is 17.4. The number of ether oxygens (including phenoxy) is 1. The average Bonchev–Trinajstić information content (AvgIpc) is 3.27. The van der Waals surface area contributed by atoms with Gasteiger partial charge in [0.05, 0.1) is 23.4 Å². The summed E-state index contributed by atoms with van der Waals surface area (Å²) >= 11 is 0. The van der Waals surface area contributed by atoms with Crippen LogP contribution < -0.4 is 5.32 Å². The molecule has 30 heavy (non-hydrogen) atoms. The first-order chi connectivity index (χ1) is 14.6. The van der Waals surface area contributed by atoms with Crippen LogP contribution in [0, 0.1) is 5.92 Å². The minimum atomic E-state index is -0.378. The summed E-state index contributed by atoms with van der Waals surface area (Å²) in [7, 11) is 0. The van der Waals surface area contributed by atoms with Gasteiger partial charge >= 0.3 is 5.97 Å². The van der Waals surface area contributed by atoms with Crippen LogP contribution in [0.15, 0.2) is 54.6 Å². The van der Waals surface area contributed by atoms with Crippen LogP contribution >= 0.6 is 0 Å². The van der Waals surface area contributed by atoms with Gasteiger partial charge < -0.3 is 10.1 Å². The lowest BCUT2D eigenvalue weighted by Crippen LogP contribution is -2.41. The van der Waals surface area contributed by atoms with Crippen molar-refractivity contribution in [2.75, 3.05) is 11.9 Å². The van der Waals surface area contributed by atoms with Gasteiger partial charge in [0, 0.05) is 5.69 Å². The Labute approximate surface area is 176 Å². The third-order valence-electron chi connectivity index (χ3n) is 5.78. The average molecular weight is 406 g/mol. The van der Waals surface area contributed by atoms with Crippen molar-refractivity contribution >= 4 is 11.7 Å². The molecule has 1 aromatic heterocycles. The van der Waals surface area contributed by atoms with Crippen LogP contribution in [0.5, 0.6) is 0 Å². The number of anilines is 1. The van der Waals surface area contributed by atoms with Gasteiger partial charge in [-0.3, -0.25) is 0 Å². The van der Waals surface area contributed by atoms with Crippen LogP contribution in [0.4, 0.5) is 5.69 Å². The second kappa shape index (κ2) is 8.65. The van der Waals surface area contributed by atoms with E-state index in [1.807, 2.05) is 30.3 Å². The highest BCUT2D eigenvalue weighted by Gasteiger charge is 2.41. The van der Waals surface area contributed by atoms with Crippen molar-refractivity contribution in [2.45, 2.75) is 45.1 Å². The van der Waals surface area contributed by atoms with E-state index in [1.54, 1.807) is 23.7 Å². The summed E-state index contributed by atoms with van der Waals surface area (Å²) in [4.78, 5) is 12.2. The number of carbonyl (C=O) groups excluding carboxylic acids is 1. The maximum Gasteiger partial charge on any atom is 0.338 e. The molecule has 0 amide bonds. The quantitative estimate of drug-likeness (QED) is 0.614. The molecule has 0 spiro atoms.